The third kappa shape index (κ3) is 10.5. The SMILES string of the molecule is CN(C)CCCCC(N)C(=O)NCCCN(C)C. The van der Waals surface area contributed by atoms with Crippen molar-refractivity contribution in [2.24, 2.45) is 5.73 Å². The highest BCUT2D eigenvalue weighted by Crippen LogP contribution is 2.00. The Labute approximate surface area is 112 Å². The van der Waals surface area contributed by atoms with Crippen LogP contribution in [0.1, 0.15) is 25.7 Å². The molecule has 0 bridgehead atoms. The van der Waals surface area contributed by atoms with Crippen molar-refractivity contribution in [1.82, 2.24) is 15.1 Å². The summed E-state index contributed by atoms with van der Waals surface area (Å²) in [6.45, 7) is 2.75. The molecule has 0 aromatic carbocycles. The molecule has 0 spiro atoms. The van der Waals surface area contributed by atoms with E-state index >= 15 is 0 Å². The first-order valence-corrected chi connectivity index (χ1v) is 6.76. The largest absolute Gasteiger partial charge is 0.355 e. The lowest BCUT2D eigenvalue weighted by molar-refractivity contribution is -0.122. The maximum Gasteiger partial charge on any atom is 0.236 e. The molecule has 1 unspecified atom stereocenters. The van der Waals surface area contributed by atoms with Crippen LogP contribution in [-0.4, -0.2) is 69.6 Å². The Balaban J connectivity index is 3.51. The third-order valence-corrected chi connectivity index (χ3v) is 2.79. The molecule has 0 saturated carbocycles. The second-order valence-electron chi connectivity index (χ2n) is 5.35. The molecule has 0 radical (unpaired) electrons. The van der Waals surface area contributed by atoms with Crippen LogP contribution >= 0.6 is 0 Å². The summed E-state index contributed by atoms with van der Waals surface area (Å²) >= 11 is 0. The normalized spacial score (nSPS) is 13.1. The van der Waals surface area contributed by atoms with Crippen molar-refractivity contribution in [3.05, 3.63) is 0 Å². The van der Waals surface area contributed by atoms with Crippen LogP contribution < -0.4 is 11.1 Å². The fraction of sp³-hybridized carbons (Fsp3) is 0.923. The molecule has 0 rings (SSSR count). The highest BCUT2D eigenvalue weighted by Gasteiger charge is 2.11. The predicted octanol–water partition coefficient (Wildman–Crippen LogP) is 0.114. The monoisotopic (exact) mass is 258 g/mol. The van der Waals surface area contributed by atoms with Gasteiger partial charge in [0.15, 0.2) is 0 Å². The summed E-state index contributed by atoms with van der Waals surface area (Å²) in [4.78, 5) is 15.9. The van der Waals surface area contributed by atoms with E-state index in [1.165, 1.54) is 0 Å². The van der Waals surface area contributed by atoms with E-state index in [-0.39, 0.29) is 11.9 Å². The van der Waals surface area contributed by atoms with Crippen molar-refractivity contribution >= 4 is 5.91 Å². The van der Waals surface area contributed by atoms with E-state index in [4.69, 9.17) is 5.73 Å². The van der Waals surface area contributed by atoms with Crippen LogP contribution in [0.25, 0.3) is 0 Å². The van der Waals surface area contributed by atoms with Crippen molar-refractivity contribution < 1.29 is 4.79 Å². The molecule has 5 heteroatoms. The quantitative estimate of drug-likeness (QED) is 0.546. The van der Waals surface area contributed by atoms with Gasteiger partial charge in [-0.3, -0.25) is 4.79 Å². The molecular weight excluding hydrogens is 228 g/mol. The molecule has 1 atom stereocenters. The van der Waals surface area contributed by atoms with Gasteiger partial charge in [-0.2, -0.15) is 0 Å². The summed E-state index contributed by atoms with van der Waals surface area (Å²) in [6.07, 6.45) is 3.83. The Bertz CT molecular complexity index is 219. The van der Waals surface area contributed by atoms with Crippen molar-refractivity contribution in [3.63, 3.8) is 0 Å². The maximum atomic E-state index is 11.7. The summed E-state index contributed by atoms with van der Waals surface area (Å²) in [7, 11) is 8.16. The Morgan fingerprint density at radius 3 is 2.17 bits per heavy atom. The summed E-state index contributed by atoms with van der Waals surface area (Å²) in [6, 6.07) is -0.355. The highest BCUT2D eigenvalue weighted by atomic mass is 16.2. The Hall–Kier alpha value is -0.650. The highest BCUT2D eigenvalue weighted by molar-refractivity contribution is 5.81. The molecule has 0 saturated heterocycles. The standard InChI is InChI=1S/C13H30N4O/c1-16(2)10-6-5-8-12(14)13(18)15-9-7-11-17(3)4/h12H,5-11,14H2,1-4H3,(H,15,18). The average molecular weight is 258 g/mol. The van der Waals surface area contributed by atoms with Gasteiger partial charge in [-0.05, 0) is 60.5 Å². The van der Waals surface area contributed by atoms with Gasteiger partial charge >= 0.3 is 0 Å². The molecular formula is C13H30N4O. The fourth-order valence-corrected chi connectivity index (χ4v) is 1.66. The zero-order valence-corrected chi connectivity index (χ0v) is 12.4. The second kappa shape index (κ2) is 10.3. The van der Waals surface area contributed by atoms with E-state index in [1.807, 2.05) is 14.1 Å². The van der Waals surface area contributed by atoms with Crippen LogP contribution in [0.5, 0.6) is 0 Å². The first kappa shape index (κ1) is 17.4. The molecule has 5 nitrogen and oxygen atoms in total. The van der Waals surface area contributed by atoms with Crippen LogP contribution in [0, 0.1) is 0 Å². The number of carbonyl (C=O) groups excluding carboxylic acids is 1. The van der Waals surface area contributed by atoms with Crippen molar-refractivity contribution in [3.8, 4) is 0 Å². The Morgan fingerprint density at radius 2 is 1.61 bits per heavy atom. The summed E-state index contributed by atoms with van der Waals surface area (Å²) in [5, 5.41) is 2.89. The molecule has 108 valence electrons. The number of hydrogen-bond donors (Lipinski definition) is 2. The summed E-state index contributed by atoms with van der Waals surface area (Å²) < 4.78 is 0. The number of carbonyl (C=O) groups is 1. The number of hydrogen-bond acceptors (Lipinski definition) is 4. The van der Waals surface area contributed by atoms with Gasteiger partial charge < -0.3 is 20.9 Å². The summed E-state index contributed by atoms with van der Waals surface area (Å²) in [5.74, 6) is -0.0152. The van der Waals surface area contributed by atoms with Crippen molar-refractivity contribution in [1.29, 1.82) is 0 Å². The molecule has 1 amide bonds. The van der Waals surface area contributed by atoms with Crippen molar-refractivity contribution in [2.75, 3.05) is 47.8 Å². The van der Waals surface area contributed by atoms with E-state index in [0.717, 1.165) is 38.8 Å². The lowest BCUT2D eigenvalue weighted by Gasteiger charge is -2.14. The van der Waals surface area contributed by atoms with E-state index in [1.54, 1.807) is 0 Å². The van der Waals surface area contributed by atoms with Gasteiger partial charge in [0.05, 0.1) is 6.04 Å². The lowest BCUT2D eigenvalue weighted by atomic mass is 10.1. The molecule has 0 aliphatic heterocycles. The molecule has 0 heterocycles. The van der Waals surface area contributed by atoms with Crippen molar-refractivity contribution in [2.45, 2.75) is 31.7 Å². The molecule has 0 aliphatic rings. The van der Waals surface area contributed by atoms with Gasteiger partial charge in [-0.15, -0.1) is 0 Å². The van der Waals surface area contributed by atoms with E-state index in [2.05, 4.69) is 29.2 Å². The molecule has 0 fully saturated rings. The van der Waals surface area contributed by atoms with Gasteiger partial charge in [0.1, 0.15) is 0 Å². The topological polar surface area (TPSA) is 61.6 Å². The van der Waals surface area contributed by atoms with Crippen LogP contribution in [-0.2, 0) is 4.79 Å². The van der Waals surface area contributed by atoms with Gasteiger partial charge in [0, 0.05) is 6.54 Å². The minimum Gasteiger partial charge on any atom is -0.355 e. The number of unbranched alkanes of at least 4 members (excludes halogenated alkanes) is 1. The van der Waals surface area contributed by atoms with E-state index < -0.39 is 0 Å². The zero-order valence-electron chi connectivity index (χ0n) is 12.4. The van der Waals surface area contributed by atoms with E-state index in [9.17, 15) is 4.79 Å². The molecule has 0 aliphatic carbocycles. The van der Waals surface area contributed by atoms with E-state index in [0.29, 0.717) is 6.54 Å². The van der Waals surface area contributed by atoms with Crippen LogP contribution in [0.15, 0.2) is 0 Å². The number of nitrogens with zero attached hydrogens (tertiary/aromatic N) is 2. The number of nitrogens with two attached hydrogens (primary N) is 1. The van der Waals surface area contributed by atoms with Gasteiger partial charge in [0.25, 0.3) is 0 Å². The minimum atomic E-state index is -0.355. The average Bonchev–Trinajstić information content (AvgIpc) is 2.29. The zero-order chi connectivity index (χ0) is 14.0. The number of nitrogens with one attached hydrogen (secondary N) is 1. The van der Waals surface area contributed by atoms with Gasteiger partial charge in [-0.1, -0.05) is 6.42 Å². The number of amides is 1. The minimum absolute atomic E-state index is 0.0152. The molecule has 3 N–H and O–H groups in total. The summed E-state index contributed by atoms with van der Waals surface area (Å²) in [5.41, 5.74) is 5.84. The molecule has 0 aromatic heterocycles. The van der Waals surface area contributed by atoms with Crippen LogP contribution in [0.3, 0.4) is 0 Å². The fourth-order valence-electron chi connectivity index (χ4n) is 1.66. The smallest absolute Gasteiger partial charge is 0.236 e. The lowest BCUT2D eigenvalue weighted by Crippen LogP contribution is -2.41. The first-order chi connectivity index (χ1) is 8.43. The first-order valence-electron chi connectivity index (χ1n) is 6.76. The van der Waals surface area contributed by atoms with Crippen LogP contribution in [0.4, 0.5) is 0 Å². The maximum absolute atomic E-state index is 11.7. The Kier molecular flexibility index (Phi) is 9.92. The molecule has 18 heavy (non-hydrogen) atoms. The van der Waals surface area contributed by atoms with Gasteiger partial charge in [-0.25, -0.2) is 0 Å². The number of rotatable bonds is 10. The second-order valence-corrected chi connectivity index (χ2v) is 5.35. The van der Waals surface area contributed by atoms with Crippen LogP contribution in [0.2, 0.25) is 0 Å². The Morgan fingerprint density at radius 1 is 1.06 bits per heavy atom. The predicted molar refractivity (Wildman–Crippen MR) is 76.6 cm³/mol. The third-order valence-electron chi connectivity index (χ3n) is 2.79. The molecule has 0 aromatic rings. The van der Waals surface area contributed by atoms with Gasteiger partial charge in [0.2, 0.25) is 5.91 Å².